The smallest absolute Gasteiger partial charge is 0.321 e. The summed E-state index contributed by atoms with van der Waals surface area (Å²) in [6, 6.07) is -0.898. The summed E-state index contributed by atoms with van der Waals surface area (Å²) in [6.07, 6.45) is 0.347. The van der Waals surface area contributed by atoms with Gasteiger partial charge in [0, 0.05) is 26.6 Å². The second-order valence-corrected chi connectivity index (χ2v) is 3.13. The molecule has 0 radical (unpaired) electrons. The Morgan fingerprint density at radius 2 is 2.14 bits per heavy atom. The molecule has 0 bridgehead atoms. The molecule has 1 unspecified atom stereocenters. The summed E-state index contributed by atoms with van der Waals surface area (Å²) in [5, 5.41) is 11.0. The van der Waals surface area contributed by atoms with Crippen LogP contribution in [0.2, 0.25) is 0 Å². The highest BCUT2D eigenvalue weighted by molar-refractivity contribution is 5.75. The van der Waals surface area contributed by atoms with E-state index in [2.05, 4.69) is 5.32 Å². The topological polar surface area (TPSA) is 95.7 Å². The maximum absolute atomic E-state index is 10.9. The van der Waals surface area contributed by atoms with Crippen molar-refractivity contribution in [1.29, 1.82) is 0 Å². The molecule has 0 aliphatic rings. The molecule has 0 spiro atoms. The Morgan fingerprint density at radius 1 is 1.57 bits per heavy atom. The molecule has 0 aliphatic heterocycles. The summed E-state index contributed by atoms with van der Waals surface area (Å²) in [4.78, 5) is 23.0. The lowest BCUT2D eigenvalue weighted by atomic mass is 10.3. The van der Waals surface area contributed by atoms with E-state index in [9.17, 15) is 9.59 Å². The van der Waals surface area contributed by atoms with Crippen LogP contribution < -0.4 is 11.1 Å². The number of nitrogens with one attached hydrogen (secondary N) is 1. The van der Waals surface area contributed by atoms with Gasteiger partial charge in [-0.25, -0.2) is 0 Å². The van der Waals surface area contributed by atoms with Gasteiger partial charge in [0.05, 0.1) is 0 Å². The molecule has 0 saturated heterocycles. The Bertz CT molecular complexity index is 208. The second kappa shape index (κ2) is 6.33. The monoisotopic (exact) mass is 203 g/mol. The molecule has 14 heavy (non-hydrogen) atoms. The minimum Gasteiger partial charge on any atom is -0.480 e. The standard InChI is InChI=1S/C8H17N3O3/c1-10-7(12)3-4-11(2)5-6(9)8(13)14/h6H,3-5,9H2,1-2H3,(H,10,12)(H,13,14). The van der Waals surface area contributed by atoms with E-state index >= 15 is 0 Å². The van der Waals surface area contributed by atoms with Crippen LogP contribution in [0.1, 0.15) is 6.42 Å². The van der Waals surface area contributed by atoms with E-state index in [1.54, 1.807) is 19.0 Å². The van der Waals surface area contributed by atoms with Crippen LogP contribution in [-0.2, 0) is 9.59 Å². The molecule has 6 heteroatoms. The number of carboxylic acids is 1. The molecule has 0 aromatic heterocycles. The highest BCUT2D eigenvalue weighted by atomic mass is 16.4. The fraction of sp³-hybridized carbons (Fsp3) is 0.750. The minimum atomic E-state index is -1.03. The van der Waals surface area contributed by atoms with Crippen molar-refractivity contribution in [1.82, 2.24) is 10.2 Å². The number of carboxylic acid groups (broad SMARTS) is 1. The summed E-state index contributed by atoms with van der Waals surface area (Å²) in [5.74, 6) is -1.10. The SMILES string of the molecule is CNC(=O)CCN(C)CC(N)C(=O)O. The second-order valence-electron chi connectivity index (χ2n) is 3.13. The third-order valence-corrected chi connectivity index (χ3v) is 1.82. The Labute approximate surface area is 83.1 Å². The quantitative estimate of drug-likeness (QED) is 0.486. The lowest BCUT2D eigenvalue weighted by molar-refractivity contribution is -0.138. The van der Waals surface area contributed by atoms with Crippen LogP contribution in [-0.4, -0.2) is 55.1 Å². The van der Waals surface area contributed by atoms with Crippen LogP contribution in [0, 0.1) is 0 Å². The van der Waals surface area contributed by atoms with E-state index in [0.717, 1.165) is 0 Å². The zero-order chi connectivity index (χ0) is 11.1. The Hall–Kier alpha value is -1.14. The first kappa shape index (κ1) is 12.9. The number of aliphatic carboxylic acids is 1. The van der Waals surface area contributed by atoms with Crippen molar-refractivity contribution in [3.8, 4) is 0 Å². The van der Waals surface area contributed by atoms with Crippen molar-refractivity contribution in [2.45, 2.75) is 12.5 Å². The van der Waals surface area contributed by atoms with Gasteiger partial charge < -0.3 is 21.1 Å². The number of nitrogens with zero attached hydrogens (tertiary/aromatic N) is 1. The van der Waals surface area contributed by atoms with Crippen molar-refractivity contribution >= 4 is 11.9 Å². The highest BCUT2D eigenvalue weighted by Crippen LogP contribution is 1.90. The van der Waals surface area contributed by atoms with Gasteiger partial charge in [-0.05, 0) is 7.05 Å². The number of likely N-dealkylation sites (N-methyl/N-ethyl adjacent to an activating group) is 1. The average Bonchev–Trinajstić information content (AvgIpc) is 2.13. The number of carbonyl (C=O) groups excluding carboxylic acids is 1. The van der Waals surface area contributed by atoms with Gasteiger partial charge in [-0.1, -0.05) is 0 Å². The summed E-state index contributed by atoms with van der Waals surface area (Å²) in [7, 11) is 3.29. The lowest BCUT2D eigenvalue weighted by Crippen LogP contribution is -2.42. The molecule has 1 atom stereocenters. The van der Waals surface area contributed by atoms with Gasteiger partial charge in [-0.15, -0.1) is 0 Å². The zero-order valence-electron chi connectivity index (χ0n) is 8.49. The number of hydrogen-bond acceptors (Lipinski definition) is 4. The molecule has 0 aromatic carbocycles. The van der Waals surface area contributed by atoms with Gasteiger partial charge in [0.25, 0.3) is 0 Å². The van der Waals surface area contributed by atoms with Crippen LogP contribution in [0.5, 0.6) is 0 Å². The molecule has 0 aromatic rings. The van der Waals surface area contributed by atoms with Gasteiger partial charge >= 0.3 is 5.97 Å². The summed E-state index contributed by atoms with van der Waals surface area (Å²) >= 11 is 0. The van der Waals surface area contributed by atoms with Gasteiger partial charge in [0.2, 0.25) is 5.91 Å². The van der Waals surface area contributed by atoms with Crippen LogP contribution >= 0.6 is 0 Å². The number of nitrogens with two attached hydrogens (primary N) is 1. The van der Waals surface area contributed by atoms with E-state index in [4.69, 9.17) is 10.8 Å². The predicted octanol–water partition coefficient (Wildman–Crippen LogP) is -1.53. The average molecular weight is 203 g/mol. The third-order valence-electron chi connectivity index (χ3n) is 1.82. The van der Waals surface area contributed by atoms with E-state index in [1.165, 1.54) is 0 Å². The molecule has 4 N–H and O–H groups in total. The Kier molecular flexibility index (Phi) is 5.82. The molecule has 0 heterocycles. The molecule has 0 saturated carbocycles. The van der Waals surface area contributed by atoms with Gasteiger partial charge in [0.15, 0.2) is 0 Å². The van der Waals surface area contributed by atoms with Crippen molar-refractivity contribution < 1.29 is 14.7 Å². The van der Waals surface area contributed by atoms with Crippen molar-refractivity contribution in [3.05, 3.63) is 0 Å². The molecule has 82 valence electrons. The van der Waals surface area contributed by atoms with Gasteiger partial charge in [-0.2, -0.15) is 0 Å². The summed E-state index contributed by atoms with van der Waals surface area (Å²) in [5.41, 5.74) is 5.31. The van der Waals surface area contributed by atoms with Crippen LogP contribution in [0.25, 0.3) is 0 Å². The summed E-state index contributed by atoms with van der Waals surface area (Å²) < 4.78 is 0. The van der Waals surface area contributed by atoms with Gasteiger partial charge in [-0.3, -0.25) is 9.59 Å². The normalized spacial score (nSPS) is 12.6. The number of hydrogen-bond donors (Lipinski definition) is 3. The largest absolute Gasteiger partial charge is 0.480 e. The molecule has 0 fully saturated rings. The van der Waals surface area contributed by atoms with E-state index in [1.807, 2.05) is 0 Å². The Balaban J connectivity index is 3.70. The highest BCUT2D eigenvalue weighted by Gasteiger charge is 2.14. The summed E-state index contributed by atoms with van der Waals surface area (Å²) in [6.45, 7) is 0.743. The zero-order valence-corrected chi connectivity index (χ0v) is 8.49. The maximum Gasteiger partial charge on any atom is 0.321 e. The number of carbonyl (C=O) groups is 2. The fourth-order valence-electron chi connectivity index (χ4n) is 0.923. The first-order chi connectivity index (χ1) is 6.47. The molecular weight excluding hydrogens is 186 g/mol. The minimum absolute atomic E-state index is 0.0688. The van der Waals surface area contributed by atoms with Gasteiger partial charge in [0.1, 0.15) is 6.04 Å². The molecule has 1 amide bonds. The maximum atomic E-state index is 10.9. The van der Waals surface area contributed by atoms with Crippen molar-refractivity contribution in [3.63, 3.8) is 0 Å². The van der Waals surface area contributed by atoms with Crippen LogP contribution in [0.3, 0.4) is 0 Å². The van der Waals surface area contributed by atoms with E-state index in [0.29, 0.717) is 13.0 Å². The van der Waals surface area contributed by atoms with Crippen LogP contribution in [0.4, 0.5) is 0 Å². The van der Waals surface area contributed by atoms with E-state index in [-0.39, 0.29) is 12.5 Å². The lowest BCUT2D eigenvalue weighted by Gasteiger charge is -2.18. The molecular formula is C8H17N3O3. The number of amides is 1. The predicted molar refractivity (Wildman–Crippen MR) is 51.8 cm³/mol. The van der Waals surface area contributed by atoms with E-state index < -0.39 is 12.0 Å². The fourth-order valence-corrected chi connectivity index (χ4v) is 0.923. The molecule has 0 aliphatic carbocycles. The first-order valence-corrected chi connectivity index (χ1v) is 4.35. The Morgan fingerprint density at radius 3 is 2.57 bits per heavy atom. The number of rotatable bonds is 6. The third kappa shape index (κ3) is 5.50. The van der Waals surface area contributed by atoms with Crippen LogP contribution in [0.15, 0.2) is 0 Å². The molecule has 0 rings (SSSR count). The van der Waals surface area contributed by atoms with Crippen molar-refractivity contribution in [2.75, 3.05) is 27.2 Å². The first-order valence-electron chi connectivity index (χ1n) is 4.35. The van der Waals surface area contributed by atoms with Crippen molar-refractivity contribution in [2.24, 2.45) is 5.73 Å². The molecule has 6 nitrogen and oxygen atoms in total.